The summed E-state index contributed by atoms with van der Waals surface area (Å²) in [4.78, 5) is 17.1. The second kappa shape index (κ2) is 9.79. The third-order valence-corrected chi connectivity index (χ3v) is 6.01. The highest BCUT2D eigenvalue weighted by molar-refractivity contribution is 5.73. The van der Waals surface area contributed by atoms with Crippen LogP contribution in [0.1, 0.15) is 30.4 Å². The predicted molar refractivity (Wildman–Crippen MR) is 118 cm³/mol. The Labute approximate surface area is 174 Å². The van der Waals surface area contributed by atoms with Crippen molar-refractivity contribution in [2.24, 2.45) is 5.92 Å². The molecule has 0 bridgehead atoms. The van der Waals surface area contributed by atoms with Crippen LogP contribution in [-0.4, -0.2) is 43.7 Å². The van der Waals surface area contributed by atoms with Gasteiger partial charge in [0.15, 0.2) is 0 Å². The van der Waals surface area contributed by atoms with E-state index in [1.807, 2.05) is 6.07 Å². The van der Waals surface area contributed by atoms with Crippen molar-refractivity contribution in [2.45, 2.75) is 32.4 Å². The molecule has 0 aliphatic carbocycles. The first-order valence-corrected chi connectivity index (χ1v) is 10.9. The number of likely N-dealkylation sites (tertiary alicyclic amines) is 1. The summed E-state index contributed by atoms with van der Waals surface area (Å²) in [7, 11) is 0. The van der Waals surface area contributed by atoms with Crippen LogP contribution >= 0.6 is 0 Å². The van der Waals surface area contributed by atoms with Gasteiger partial charge >= 0.3 is 6.03 Å². The normalized spacial score (nSPS) is 19.4. The van der Waals surface area contributed by atoms with Gasteiger partial charge in [-0.3, -0.25) is 4.90 Å². The summed E-state index contributed by atoms with van der Waals surface area (Å²) in [5, 5.41) is 6.06. The van der Waals surface area contributed by atoms with E-state index in [2.05, 4.69) is 69.0 Å². The van der Waals surface area contributed by atoms with E-state index in [9.17, 15) is 4.79 Å². The molecule has 2 N–H and O–H groups in total. The Balaban J connectivity index is 1.18. The van der Waals surface area contributed by atoms with E-state index in [1.54, 1.807) is 0 Å². The minimum absolute atomic E-state index is 0.0758. The molecule has 154 valence electrons. The molecule has 0 unspecified atom stereocenters. The fourth-order valence-corrected chi connectivity index (χ4v) is 4.39. The number of carbonyl (C=O) groups is 1. The zero-order valence-electron chi connectivity index (χ0n) is 17.1. The van der Waals surface area contributed by atoms with Crippen LogP contribution in [0.15, 0.2) is 54.6 Å². The van der Waals surface area contributed by atoms with Crippen molar-refractivity contribution in [3.8, 4) is 0 Å². The standard InChI is InChI=1S/C24H32N4O/c29-24(26-17-22-11-14-28(19-22)23-9-2-1-3-10-23)25-16-20-7-6-8-21(15-20)18-27-12-4-5-13-27/h1-3,6-10,15,22H,4-5,11-14,16-19H2,(H2,25,26,29)/t22-/m1/s1. The Morgan fingerprint density at radius 2 is 1.72 bits per heavy atom. The molecule has 0 saturated carbocycles. The SMILES string of the molecule is O=C(NCc1cccc(CN2CCCC2)c1)NC[C@H]1CCN(c2ccccc2)C1. The molecule has 2 saturated heterocycles. The van der Waals surface area contributed by atoms with Crippen molar-refractivity contribution in [1.82, 2.24) is 15.5 Å². The lowest BCUT2D eigenvalue weighted by atomic mass is 10.1. The van der Waals surface area contributed by atoms with Gasteiger partial charge < -0.3 is 15.5 Å². The quantitative estimate of drug-likeness (QED) is 0.757. The lowest BCUT2D eigenvalue weighted by molar-refractivity contribution is 0.239. The van der Waals surface area contributed by atoms with Crippen LogP contribution in [0.2, 0.25) is 0 Å². The van der Waals surface area contributed by atoms with Gasteiger partial charge in [-0.25, -0.2) is 4.79 Å². The fraction of sp³-hybridized carbons (Fsp3) is 0.458. The molecule has 2 aromatic carbocycles. The number of para-hydroxylation sites is 1. The third kappa shape index (κ3) is 5.73. The first-order chi connectivity index (χ1) is 14.3. The Bertz CT molecular complexity index is 788. The van der Waals surface area contributed by atoms with Crippen molar-refractivity contribution in [3.05, 3.63) is 65.7 Å². The Kier molecular flexibility index (Phi) is 6.67. The van der Waals surface area contributed by atoms with Crippen LogP contribution in [0.5, 0.6) is 0 Å². The fourth-order valence-electron chi connectivity index (χ4n) is 4.39. The monoisotopic (exact) mass is 392 g/mol. The topological polar surface area (TPSA) is 47.6 Å². The molecular weight excluding hydrogens is 360 g/mol. The molecule has 4 rings (SSSR count). The number of benzene rings is 2. The molecular formula is C24H32N4O. The van der Waals surface area contributed by atoms with Gasteiger partial charge in [0, 0.05) is 38.4 Å². The van der Waals surface area contributed by atoms with Crippen LogP contribution in [0.4, 0.5) is 10.5 Å². The zero-order chi connectivity index (χ0) is 19.9. The number of nitrogens with zero attached hydrogens (tertiary/aromatic N) is 2. The van der Waals surface area contributed by atoms with E-state index in [1.165, 1.54) is 37.2 Å². The minimum Gasteiger partial charge on any atom is -0.371 e. The molecule has 5 nitrogen and oxygen atoms in total. The Hall–Kier alpha value is -2.53. The van der Waals surface area contributed by atoms with Crippen LogP contribution in [0.25, 0.3) is 0 Å². The molecule has 5 heteroatoms. The number of anilines is 1. The van der Waals surface area contributed by atoms with Gasteiger partial charge in [-0.1, -0.05) is 42.5 Å². The minimum atomic E-state index is -0.0758. The van der Waals surface area contributed by atoms with Crippen LogP contribution in [0, 0.1) is 5.92 Å². The van der Waals surface area contributed by atoms with Gasteiger partial charge in [0.05, 0.1) is 0 Å². The van der Waals surface area contributed by atoms with E-state index < -0.39 is 0 Å². The van der Waals surface area contributed by atoms with E-state index >= 15 is 0 Å². The number of urea groups is 1. The molecule has 2 aromatic rings. The van der Waals surface area contributed by atoms with Crippen molar-refractivity contribution in [1.29, 1.82) is 0 Å². The molecule has 2 aliphatic rings. The number of rotatable bonds is 7. The van der Waals surface area contributed by atoms with Gasteiger partial charge in [0.25, 0.3) is 0 Å². The summed E-state index contributed by atoms with van der Waals surface area (Å²) in [6.45, 7) is 6.77. The van der Waals surface area contributed by atoms with E-state index in [4.69, 9.17) is 0 Å². The van der Waals surface area contributed by atoms with Gasteiger partial charge in [0.1, 0.15) is 0 Å². The van der Waals surface area contributed by atoms with Crippen molar-refractivity contribution >= 4 is 11.7 Å². The average Bonchev–Trinajstić information content (AvgIpc) is 3.44. The molecule has 2 heterocycles. The van der Waals surface area contributed by atoms with E-state index in [-0.39, 0.29) is 6.03 Å². The van der Waals surface area contributed by atoms with E-state index in [0.29, 0.717) is 12.5 Å². The highest BCUT2D eigenvalue weighted by Gasteiger charge is 2.22. The molecule has 2 fully saturated rings. The first kappa shape index (κ1) is 19.8. The van der Waals surface area contributed by atoms with Crippen LogP contribution in [0.3, 0.4) is 0 Å². The summed E-state index contributed by atoms with van der Waals surface area (Å²) < 4.78 is 0. The third-order valence-electron chi connectivity index (χ3n) is 6.01. The smallest absolute Gasteiger partial charge is 0.315 e. The molecule has 1 atom stereocenters. The van der Waals surface area contributed by atoms with Crippen molar-refractivity contribution in [3.63, 3.8) is 0 Å². The van der Waals surface area contributed by atoms with Gasteiger partial charge in [-0.2, -0.15) is 0 Å². The summed E-state index contributed by atoms with van der Waals surface area (Å²) in [6.07, 6.45) is 3.74. The van der Waals surface area contributed by atoms with Crippen molar-refractivity contribution < 1.29 is 4.79 Å². The van der Waals surface area contributed by atoms with Crippen molar-refractivity contribution in [2.75, 3.05) is 37.6 Å². The number of hydrogen-bond donors (Lipinski definition) is 2. The Morgan fingerprint density at radius 1 is 0.931 bits per heavy atom. The number of carbonyl (C=O) groups excluding carboxylic acids is 1. The number of nitrogens with one attached hydrogen (secondary N) is 2. The maximum atomic E-state index is 12.2. The van der Waals surface area contributed by atoms with E-state index in [0.717, 1.165) is 38.2 Å². The maximum absolute atomic E-state index is 12.2. The molecule has 0 aromatic heterocycles. The molecule has 0 radical (unpaired) electrons. The van der Waals surface area contributed by atoms with Crippen LogP contribution < -0.4 is 15.5 Å². The van der Waals surface area contributed by atoms with Gasteiger partial charge in [0.2, 0.25) is 0 Å². The largest absolute Gasteiger partial charge is 0.371 e. The number of hydrogen-bond acceptors (Lipinski definition) is 3. The summed E-state index contributed by atoms with van der Waals surface area (Å²) in [5.74, 6) is 0.504. The Morgan fingerprint density at radius 3 is 2.55 bits per heavy atom. The lowest BCUT2D eigenvalue weighted by Crippen LogP contribution is -2.38. The predicted octanol–water partition coefficient (Wildman–Crippen LogP) is 3.61. The summed E-state index contributed by atoms with van der Waals surface area (Å²) in [6, 6.07) is 19.0. The highest BCUT2D eigenvalue weighted by atomic mass is 16.2. The first-order valence-electron chi connectivity index (χ1n) is 10.9. The van der Waals surface area contributed by atoms with Gasteiger partial charge in [-0.15, -0.1) is 0 Å². The molecule has 2 aliphatic heterocycles. The summed E-state index contributed by atoms with van der Waals surface area (Å²) in [5.41, 5.74) is 3.76. The zero-order valence-corrected chi connectivity index (χ0v) is 17.1. The van der Waals surface area contributed by atoms with Crippen LogP contribution in [-0.2, 0) is 13.1 Å². The van der Waals surface area contributed by atoms with Gasteiger partial charge in [-0.05, 0) is 61.5 Å². The average molecular weight is 393 g/mol. The lowest BCUT2D eigenvalue weighted by Gasteiger charge is -2.18. The molecule has 29 heavy (non-hydrogen) atoms. The maximum Gasteiger partial charge on any atom is 0.315 e. The molecule has 0 spiro atoms. The second-order valence-corrected chi connectivity index (χ2v) is 8.30. The molecule has 2 amide bonds. The highest BCUT2D eigenvalue weighted by Crippen LogP contribution is 2.22. The summed E-state index contributed by atoms with van der Waals surface area (Å²) >= 11 is 0. The number of amides is 2. The second-order valence-electron chi connectivity index (χ2n) is 8.30.